The van der Waals surface area contributed by atoms with E-state index in [1.807, 2.05) is 48.5 Å². The SMILES string of the molecule is COc1ccc(CSCC(=O)NCc2ccccc2OC)cc1. The third-order valence-electron chi connectivity index (χ3n) is 3.33. The lowest BCUT2D eigenvalue weighted by atomic mass is 10.2. The van der Waals surface area contributed by atoms with Crippen molar-refractivity contribution in [1.29, 1.82) is 0 Å². The third kappa shape index (κ3) is 5.53. The zero-order chi connectivity index (χ0) is 16.5. The third-order valence-corrected chi connectivity index (χ3v) is 4.33. The Morgan fingerprint density at radius 1 is 1.04 bits per heavy atom. The van der Waals surface area contributed by atoms with Crippen LogP contribution in [0.5, 0.6) is 11.5 Å². The molecule has 0 spiro atoms. The smallest absolute Gasteiger partial charge is 0.230 e. The number of methoxy groups -OCH3 is 2. The van der Waals surface area contributed by atoms with E-state index in [2.05, 4.69) is 5.32 Å². The molecule has 2 rings (SSSR count). The molecule has 23 heavy (non-hydrogen) atoms. The van der Waals surface area contributed by atoms with E-state index in [1.165, 1.54) is 5.56 Å². The summed E-state index contributed by atoms with van der Waals surface area (Å²) in [6.07, 6.45) is 0. The highest BCUT2D eigenvalue weighted by Crippen LogP contribution is 2.18. The number of carbonyl (C=O) groups excluding carboxylic acids is 1. The van der Waals surface area contributed by atoms with Crippen molar-refractivity contribution in [2.45, 2.75) is 12.3 Å². The Labute approximate surface area is 141 Å². The van der Waals surface area contributed by atoms with Gasteiger partial charge in [0.1, 0.15) is 11.5 Å². The van der Waals surface area contributed by atoms with Gasteiger partial charge >= 0.3 is 0 Å². The molecule has 0 aliphatic carbocycles. The molecule has 0 atom stereocenters. The largest absolute Gasteiger partial charge is 0.497 e. The molecule has 0 fully saturated rings. The molecule has 122 valence electrons. The predicted octanol–water partition coefficient (Wildman–Crippen LogP) is 3.25. The second-order valence-corrected chi connectivity index (χ2v) is 5.92. The van der Waals surface area contributed by atoms with Crippen LogP contribution in [0.2, 0.25) is 0 Å². The molecule has 0 heterocycles. The lowest BCUT2D eigenvalue weighted by molar-refractivity contribution is -0.118. The average molecular weight is 331 g/mol. The molecule has 2 aromatic rings. The van der Waals surface area contributed by atoms with Crippen LogP contribution in [0.15, 0.2) is 48.5 Å². The molecule has 2 aromatic carbocycles. The molecule has 0 radical (unpaired) electrons. The zero-order valence-electron chi connectivity index (χ0n) is 13.4. The predicted molar refractivity (Wildman–Crippen MR) is 94.0 cm³/mol. The Bertz CT molecular complexity index is 628. The van der Waals surface area contributed by atoms with Crippen LogP contribution in [0.25, 0.3) is 0 Å². The first-order chi connectivity index (χ1) is 11.2. The highest BCUT2D eigenvalue weighted by molar-refractivity contribution is 7.99. The summed E-state index contributed by atoms with van der Waals surface area (Å²) in [4.78, 5) is 11.9. The van der Waals surface area contributed by atoms with Crippen LogP contribution in [0, 0.1) is 0 Å². The van der Waals surface area contributed by atoms with Crippen molar-refractivity contribution in [3.8, 4) is 11.5 Å². The minimum absolute atomic E-state index is 0.0226. The molecule has 0 saturated heterocycles. The minimum atomic E-state index is 0.0226. The van der Waals surface area contributed by atoms with Gasteiger partial charge in [0.05, 0.1) is 20.0 Å². The highest BCUT2D eigenvalue weighted by atomic mass is 32.2. The number of hydrogen-bond donors (Lipinski definition) is 1. The quantitative estimate of drug-likeness (QED) is 0.806. The molecular formula is C18H21NO3S. The zero-order valence-corrected chi connectivity index (χ0v) is 14.2. The fourth-order valence-electron chi connectivity index (χ4n) is 2.08. The first-order valence-electron chi connectivity index (χ1n) is 7.32. The van der Waals surface area contributed by atoms with E-state index in [1.54, 1.807) is 26.0 Å². The van der Waals surface area contributed by atoms with Gasteiger partial charge in [-0.25, -0.2) is 0 Å². The first kappa shape index (κ1) is 17.2. The molecule has 0 aliphatic rings. The summed E-state index contributed by atoms with van der Waals surface area (Å²) in [7, 11) is 3.28. The summed E-state index contributed by atoms with van der Waals surface area (Å²) >= 11 is 1.59. The van der Waals surface area contributed by atoms with Gasteiger partial charge in [-0.1, -0.05) is 30.3 Å². The number of amides is 1. The minimum Gasteiger partial charge on any atom is -0.497 e. The maximum Gasteiger partial charge on any atom is 0.230 e. The van der Waals surface area contributed by atoms with Crippen molar-refractivity contribution < 1.29 is 14.3 Å². The molecule has 4 nitrogen and oxygen atoms in total. The van der Waals surface area contributed by atoms with E-state index in [4.69, 9.17) is 9.47 Å². The van der Waals surface area contributed by atoms with Crippen LogP contribution in [-0.4, -0.2) is 25.9 Å². The van der Waals surface area contributed by atoms with Gasteiger partial charge in [-0.3, -0.25) is 4.79 Å². The van der Waals surface area contributed by atoms with Gasteiger partial charge in [0, 0.05) is 17.9 Å². The van der Waals surface area contributed by atoms with Crippen LogP contribution < -0.4 is 14.8 Å². The second-order valence-electron chi connectivity index (χ2n) is 4.93. The van der Waals surface area contributed by atoms with Crippen molar-refractivity contribution in [2.24, 2.45) is 0 Å². The Morgan fingerprint density at radius 3 is 2.48 bits per heavy atom. The summed E-state index contributed by atoms with van der Waals surface area (Å²) in [5, 5.41) is 2.92. The Balaban J connectivity index is 1.72. The fourth-order valence-corrected chi connectivity index (χ4v) is 2.89. The van der Waals surface area contributed by atoms with Gasteiger partial charge in [0.15, 0.2) is 0 Å². The number of nitrogens with one attached hydrogen (secondary N) is 1. The molecule has 1 amide bonds. The molecule has 0 unspecified atom stereocenters. The van der Waals surface area contributed by atoms with Crippen molar-refractivity contribution in [3.63, 3.8) is 0 Å². The van der Waals surface area contributed by atoms with Crippen LogP contribution >= 0.6 is 11.8 Å². The monoisotopic (exact) mass is 331 g/mol. The molecule has 1 N–H and O–H groups in total. The van der Waals surface area contributed by atoms with Gasteiger partial charge in [-0.15, -0.1) is 11.8 Å². The van der Waals surface area contributed by atoms with E-state index in [0.29, 0.717) is 12.3 Å². The lowest BCUT2D eigenvalue weighted by Crippen LogP contribution is -2.24. The Hall–Kier alpha value is -2.14. The molecule has 5 heteroatoms. The van der Waals surface area contributed by atoms with Gasteiger partial charge in [0.2, 0.25) is 5.91 Å². The molecule has 0 aliphatic heterocycles. The maximum absolute atomic E-state index is 11.9. The van der Waals surface area contributed by atoms with E-state index < -0.39 is 0 Å². The highest BCUT2D eigenvalue weighted by Gasteiger charge is 2.05. The van der Waals surface area contributed by atoms with Crippen molar-refractivity contribution in [2.75, 3.05) is 20.0 Å². The second kappa shape index (κ2) is 9.10. The molecule has 0 aromatic heterocycles. The number of thioether (sulfide) groups is 1. The van der Waals surface area contributed by atoms with Crippen LogP contribution in [-0.2, 0) is 17.1 Å². The van der Waals surface area contributed by atoms with Gasteiger partial charge in [-0.05, 0) is 23.8 Å². The van der Waals surface area contributed by atoms with Crippen molar-refractivity contribution in [1.82, 2.24) is 5.32 Å². The van der Waals surface area contributed by atoms with Gasteiger partial charge in [0.25, 0.3) is 0 Å². The number of benzene rings is 2. The summed E-state index contributed by atoms with van der Waals surface area (Å²) < 4.78 is 10.4. The van der Waals surface area contributed by atoms with E-state index in [-0.39, 0.29) is 5.91 Å². The topological polar surface area (TPSA) is 47.6 Å². The Morgan fingerprint density at radius 2 is 1.78 bits per heavy atom. The standard InChI is InChI=1S/C18H21NO3S/c1-21-16-9-7-14(8-10-16)12-23-13-18(20)19-11-15-5-3-4-6-17(15)22-2/h3-10H,11-13H2,1-2H3,(H,19,20). The number of hydrogen-bond acceptors (Lipinski definition) is 4. The van der Waals surface area contributed by atoms with E-state index >= 15 is 0 Å². The van der Waals surface area contributed by atoms with E-state index in [9.17, 15) is 4.79 Å². The summed E-state index contributed by atoms with van der Waals surface area (Å²) in [5.74, 6) is 2.88. The van der Waals surface area contributed by atoms with Crippen LogP contribution in [0.4, 0.5) is 0 Å². The van der Waals surface area contributed by atoms with Crippen LogP contribution in [0.3, 0.4) is 0 Å². The number of carbonyl (C=O) groups is 1. The fraction of sp³-hybridized carbons (Fsp3) is 0.278. The number of ether oxygens (including phenoxy) is 2. The maximum atomic E-state index is 11.9. The summed E-state index contributed by atoms with van der Waals surface area (Å²) in [5.41, 5.74) is 2.15. The van der Waals surface area contributed by atoms with Crippen molar-refractivity contribution >= 4 is 17.7 Å². The summed E-state index contributed by atoms with van der Waals surface area (Å²) in [6.45, 7) is 0.478. The number of rotatable bonds is 8. The lowest BCUT2D eigenvalue weighted by Gasteiger charge is -2.09. The number of para-hydroxylation sites is 1. The molecule has 0 saturated carbocycles. The van der Waals surface area contributed by atoms with E-state index in [0.717, 1.165) is 22.8 Å². The molecular weight excluding hydrogens is 310 g/mol. The first-order valence-corrected chi connectivity index (χ1v) is 8.47. The van der Waals surface area contributed by atoms with Crippen molar-refractivity contribution in [3.05, 3.63) is 59.7 Å². The molecule has 0 bridgehead atoms. The van der Waals surface area contributed by atoms with Crippen LogP contribution in [0.1, 0.15) is 11.1 Å². The normalized spacial score (nSPS) is 10.2. The Kier molecular flexibility index (Phi) is 6.81. The van der Waals surface area contributed by atoms with Gasteiger partial charge < -0.3 is 14.8 Å². The summed E-state index contributed by atoms with van der Waals surface area (Å²) in [6, 6.07) is 15.6. The average Bonchev–Trinajstić information content (AvgIpc) is 2.60. The van der Waals surface area contributed by atoms with Gasteiger partial charge in [-0.2, -0.15) is 0 Å².